The fourth-order valence-corrected chi connectivity index (χ4v) is 3.78. The minimum Gasteiger partial charge on any atom is -0.491 e. The average Bonchev–Trinajstić information content (AvgIpc) is 2.89. The molecule has 0 fully saturated rings. The highest BCUT2D eigenvalue weighted by molar-refractivity contribution is 5.89. The van der Waals surface area contributed by atoms with Gasteiger partial charge in [0.15, 0.2) is 0 Å². The Kier molecular flexibility index (Phi) is 8.89. The number of hydrogen-bond donors (Lipinski definition) is 0. The van der Waals surface area contributed by atoms with Crippen molar-refractivity contribution in [2.75, 3.05) is 20.8 Å². The Balaban J connectivity index is 1.72. The number of Topliss-reactive ketones (excluding diaryl/α,β-unsaturated/α-hetero) is 1. The van der Waals surface area contributed by atoms with Crippen LogP contribution < -0.4 is 0 Å². The van der Waals surface area contributed by atoms with Crippen molar-refractivity contribution >= 4 is 17.7 Å². The molecular formula is C28H31NO7. The Morgan fingerprint density at radius 3 is 1.44 bits per heavy atom. The van der Waals surface area contributed by atoms with Crippen molar-refractivity contribution in [3.05, 3.63) is 93.7 Å². The van der Waals surface area contributed by atoms with Crippen LogP contribution in [0.3, 0.4) is 0 Å². The summed E-state index contributed by atoms with van der Waals surface area (Å²) in [6, 6.07) is 14.0. The highest BCUT2D eigenvalue weighted by Crippen LogP contribution is 2.32. The fraction of sp³-hybridized carbons (Fsp3) is 0.321. The lowest BCUT2D eigenvalue weighted by atomic mass is 10.1. The number of ketones is 1. The van der Waals surface area contributed by atoms with Gasteiger partial charge in [0.05, 0.1) is 49.7 Å². The summed E-state index contributed by atoms with van der Waals surface area (Å²) in [5.41, 5.74) is 4.42. The molecule has 0 bridgehead atoms. The molecule has 0 unspecified atom stereocenters. The fourth-order valence-electron chi connectivity index (χ4n) is 3.78. The summed E-state index contributed by atoms with van der Waals surface area (Å²) < 4.78 is 21.8. The number of esters is 2. The monoisotopic (exact) mass is 493 g/mol. The zero-order chi connectivity index (χ0) is 26.2. The standard InChI is InChI=1S/C28H31NO7/c1-18(30)15-29-19(2)25(35-16-21-6-10-23(11-7-21)27(31)33-4)14-26(20(29)3)36-17-22-8-12-24(13-9-22)28(32)34-5/h6-13H,14-17H2,1-5H3. The first-order chi connectivity index (χ1) is 17.2. The van der Waals surface area contributed by atoms with E-state index in [4.69, 9.17) is 18.9 Å². The molecule has 190 valence electrons. The minimum atomic E-state index is -0.393. The molecule has 1 heterocycles. The molecule has 0 aromatic heterocycles. The number of ether oxygens (including phenoxy) is 4. The molecule has 0 amide bonds. The molecule has 0 saturated carbocycles. The predicted molar refractivity (Wildman–Crippen MR) is 133 cm³/mol. The predicted octanol–water partition coefficient (Wildman–Crippen LogP) is 4.75. The van der Waals surface area contributed by atoms with E-state index in [2.05, 4.69) is 0 Å². The molecule has 2 aromatic carbocycles. The number of rotatable bonds is 10. The van der Waals surface area contributed by atoms with Gasteiger partial charge in [-0.2, -0.15) is 0 Å². The molecular weight excluding hydrogens is 462 g/mol. The number of carbonyl (C=O) groups is 3. The van der Waals surface area contributed by atoms with Crippen molar-refractivity contribution in [3.8, 4) is 0 Å². The molecule has 0 aliphatic carbocycles. The maximum Gasteiger partial charge on any atom is 0.337 e. The second-order valence-corrected chi connectivity index (χ2v) is 8.44. The number of carbonyl (C=O) groups excluding carboxylic acids is 3. The minimum absolute atomic E-state index is 0.0195. The van der Waals surface area contributed by atoms with Crippen LogP contribution in [0.15, 0.2) is 71.4 Å². The number of allylic oxidation sites excluding steroid dienone is 2. The van der Waals surface area contributed by atoms with Gasteiger partial charge < -0.3 is 23.8 Å². The quantitative estimate of drug-likeness (QED) is 0.438. The molecule has 1 aliphatic heterocycles. The molecule has 1 aliphatic rings. The van der Waals surface area contributed by atoms with E-state index in [9.17, 15) is 14.4 Å². The second kappa shape index (κ2) is 12.1. The van der Waals surface area contributed by atoms with Crippen LogP contribution >= 0.6 is 0 Å². The van der Waals surface area contributed by atoms with Crippen molar-refractivity contribution in [2.24, 2.45) is 0 Å². The third kappa shape index (κ3) is 6.53. The van der Waals surface area contributed by atoms with Crippen LogP contribution in [-0.4, -0.2) is 43.4 Å². The number of nitrogens with zero attached hydrogens (tertiary/aromatic N) is 1. The highest BCUT2D eigenvalue weighted by Gasteiger charge is 2.26. The summed E-state index contributed by atoms with van der Waals surface area (Å²) in [7, 11) is 2.69. The van der Waals surface area contributed by atoms with Crippen LogP contribution in [0.25, 0.3) is 0 Å². The molecule has 0 N–H and O–H groups in total. The van der Waals surface area contributed by atoms with Gasteiger partial charge in [-0.1, -0.05) is 24.3 Å². The SMILES string of the molecule is COC(=O)c1ccc(COC2=C(C)N(CC(C)=O)C(C)=C(OCc3ccc(C(=O)OC)cc3)C2)cc1. The lowest BCUT2D eigenvalue weighted by Crippen LogP contribution is -2.31. The largest absolute Gasteiger partial charge is 0.491 e. The van der Waals surface area contributed by atoms with Crippen LogP contribution in [0.4, 0.5) is 0 Å². The van der Waals surface area contributed by atoms with Gasteiger partial charge in [-0.3, -0.25) is 4.79 Å². The summed E-state index contributed by atoms with van der Waals surface area (Å²) >= 11 is 0. The number of hydrogen-bond acceptors (Lipinski definition) is 8. The van der Waals surface area contributed by atoms with Gasteiger partial charge in [0.1, 0.15) is 30.5 Å². The van der Waals surface area contributed by atoms with Gasteiger partial charge in [0.25, 0.3) is 0 Å². The molecule has 2 aromatic rings. The molecule has 0 saturated heterocycles. The van der Waals surface area contributed by atoms with E-state index >= 15 is 0 Å². The van der Waals surface area contributed by atoms with Crippen molar-refractivity contribution in [2.45, 2.75) is 40.4 Å². The average molecular weight is 494 g/mol. The summed E-state index contributed by atoms with van der Waals surface area (Å²) in [6.45, 7) is 6.18. The van der Waals surface area contributed by atoms with Crippen molar-refractivity contribution in [3.63, 3.8) is 0 Å². The summed E-state index contributed by atoms with van der Waals surface area (Å²) in [5, 5.41) is 0. The lowest BCUT2D eigenvalue weighted by molar-refractivity contribution is -0.117. The van der Waals surface area contributed by atoms with Crippen LogP contribution in [0.2, 0.25) is 0 Å². The third-order valence-corrected chi connectivity index (χ3v) is 5.89. The third-order valence-electron chi connectivity index (χ3n) is 5.89. The molecule has 3 rings (SSSR count). The zero-order valence-corrected chi connectivity index (χ0v) is 21.3. The first-order valence-electron chi connectivity index (χ1n) is 11.5. The van der Waals surface area contributed by atoms with Gasteiger partial charge in [-0.15, -0.1) is 0 Å². The van der Waals surface area contributed by atoms with E-state index in [0.29, 0.717) is 42.3 Å². The zero-order valence-electron chi connectivity index (χ0n) is 21.3. The lowest BCUT2D eigenvalue weighted by Gasteiger charge is -2.33. The maximum absolute atomic E-state index is 12.0. The first kappa shape index (κ1) is 26.5. The number of benzene rings is 2. The Morgan fingerprint density at radius 1 is 0.722 bits per heavy atom. The molecule has 36 heavy (non-hydrogen) atoms. The Morgan fingerprint density at radius 2 is 1.11 bits per heavy atom. The van der Waals surface area contributed by atoms with E-state index < -0.39 is 11.9 Å². The van der Waals surface area contributed by atoms with Crippen LogP contribution in [0.1, 0.15) is 59.0 Å². The van der Waals surface area contributed by atoms with Crippen molar-refractivity contribution < 1.29 is 33.3 Å². The van der Waals surface area contributed by atoms with Crippen LogP contribution in [0.5, 0.6) is 0 Å². The Bertz CT molecular complexity index is 1090. The maximum atomic E-state index is 12.0. The van der Waals surface area contributed by atoms with Crippen LogP contribution in [-0.2, 0) is 37.0 Å². The van der Waals surface area contributed by atoms with Gasteiger partial charge >= 0.3 is 11.9 Å². The normalized spacial score (nSPS) is 13.4. The van der Waals surface area contributed by atoms with E-state index in [1.807, 2.05) is 43.0 Å². The van der Waals surface area contributed by atoms with Crippen molar-refractivity contribution in [1.82, 2.24) is 4.90 Å². The molecule has 8 heteroatoms. The van der Waals surface area contributed by atoms with Crippen LogP contribution in [0, 0.1) is 0 Å². The van der Waals surface area contributed by atoms with E-state index in [1.54, 1.807) is 31.2 Å². The summed E-state index contributed by atoms with van der Waals surface area (Å²) in [6.07, 6.45) is 0.437. The van der Waals surface area contributed by atoms with Gasteiger partial charge in [-0.25, -0.2) is 9.59 Å². The Hall–Kier alpha value is -4.07. The smallest absolute Gasteiger partial charge is 0.337 e. The molecule has 8 nitrogen and oxygen atoms in total. The van der Waals surface area contributed by atoms with E-state index in [-0.39, 0.29) is 12.3 Å². The topological polar surface area (TPSA) is 91.4 Å². The molecule has 0 spiro atoms. The van der Waals surface area contributed by atoms with E-state index in [0.717, 1.165) is 22.5 Å². The van der Waals surface area contributed by atoms with Gasteiger partial charge in [-0.05, 0) is 56.2 Å². The summed E-state index contributed by atoms with van der Waals surface area (Å²) in [4.78, 5) is 37.2. The van der Waals surface area contributed by atoms with E-state index in [1.165, 1.54) is 14.2 Å². The first-order valence-corrected chi connectivity index (χ1v) is 11.5. The van der Waals surface area contributed by atoms with Gasteiger partial charge in [0.2, 0.25) is 0 Å². The van der Waals surface area contributed by atoms with Gasteiger partial charge in [0, 0.05) is 0 Å². The number of methoxy groups -OCH3 is 2. The Labute approximate surface area is 211 Å². The summed E-state index contributed by atoms with van der Waals surface area (Å²) in [5.74, 6) is 0.641. The molecule has 0 radical (unpaired) electrons. The highest BCUT2D eigenvalue weighted by atomic mass is 16.5. The molecule has 0 atom stereocenters. The van der Waals surface area contributed by atoms with Crippen molar-refractivity contribution in [1.29, 1.82) is 0 Å². The second-order valence-electron chi connectivity index (χ2n) is 8.44.